The van der Waals surface area contributed by atoms with E-state index in [2.05, 4.69) is 17.0 Å². The fourth-order valence-electron chi connectivity index (χ4n) is 2.59. The van der Waals surface area contributed by atoms with Crippen LogP contribution in [0.25, 0.3) is 0 Å². The van der Waals surface area contributed by atoms with Crippen LogP contribution in [0.5, 0.6) is 0 Å². The van der Waals surface area contributed by atoms with Gasteiger partial charge in [-0.05, 0) is 38.1 Å². The standard InChI is InChI=1S/C14H23N3O3S/c1-3-14-10(6-7-20-14)9-17-13-8-11(4-5-12(13)15)21(18,19)16-2/h4-5,8,10,14,16-17H,3,6-7,9,15H2,1-2H3. The number of rotatable bonds is 6. The Labute approximate surface area is 126 Å². The summed E-state index contributed by atoms with van der Waals surface area (Å²) in [5, 5.41) is 3.26. The quantitative estimate of drug-likeness (QED) is 0.690. The third-order valence-corrected chi connectivity index (χ3v) is 5.32. The second-order valence-electron chi connectivity index (χ2n) is 5.20. The van der Waals surface area contributed by atoms with Gasteiger partial charge < -0.3 is 15.8 Å². The Morgan fingerprint density at radius 2 is 2.19 bits per heavy atom. The van der Waals surface area contributed by atoms with E-state index in [-0.39, 0.29) is 11.0 Å². The molecule has 21 heavy (non-hydrogen) atoms. The van der Waals surface area contributed by atoms with E-state index in [1.165, 1.54) is 13.1 Å². The molecule has 0 radical (unpaired) electrons. The van der Waals surface area contributed by atoms with E-state index in [9.17, 15) is 8.42 Å². The lowest BCUT2D eigenvalue weighted by molar-refractivity contribution is 0.0900. The number of nitrogens with one attached hydrogen (secondary N) is 2. The van der Waals surface area contributed by atoms with Crippen LogP contribution in [-0.4, -0.2) is 34.7 Å². The van der Waals surface area contributed by atoms with E-state index in [1.54, 1.807) is 12.1 Å². The summed E-state index contributed by atoms with van der Waals surface area (Å²) < 4.78 is 31.6. The Balaban J connectivity index is 2.11. The first-order valence-electron chi connectivity index (χ1n) is 7.16. The molecule has 0 spiro atoms. The van der Waals surface area contributed by atoms with Crippen LogP contribution in [-0.2, 0) is 14.8 Å². The van der Waals surface area contributed by atoms with Gasteiger partial charge in [0.25, 0.3) is 0 Å². The maximum atomic E-state index is 11.8. The number of benzene rings is 1. The number of ether oxygens (including phenoxy) is 1. The molecule has 0 bridgehead atoms. The third-order valence-electron chi connectivity index (χ3n) is 3.91. The molecule has 0 aliphatic carbocycles. The minimum Gasteiger partial charge on any atom is -0.397 e. The van der Waals surface area contributed by atoms with Gasteiger partial charge in [-0.3, -0.25) is 0 Å². The van der Waals surface area contributed by atoms with Crippen molar-refractivity contribution in [3.8, 4) is 0 Å². The van der Waals surface area contributed by atoms with Crippen molar-refractivity contribution in [3.05, 3.63) is 18.2 Å². The van der Waals surface area contributed by atoms with Gasteiger partial charge >= 0.3 is 0 Å². The van der Waals surface area contributed by atoms with E-state index in [1.807, 2.05) is 0 Å². The summed E-state index contributed by atoms with van der Waals surface area (Å²) in [6.45, 7) is 3.62. The summed E-state index contributed by atoms with van der Waals surface area (Å²) in [5.41, 5.74) is 7.10. The molecular formula is C14H23N3O3S. The van der Waals surface area contributed by atoms with Gasteiger partial charge in [0.1, 0.15) is 0 Å². The molecule has 2 rings (SSSR count). The average Bonchev–Trinajstić information content (AvgIpc) is 2.93. The first-order chi connectivity index (χ1) is 9.97. The van der Waals surface area contributed by atoms with Crippen LogP contribution in [0.4, 0.5) is 11.4 Å². The summed E-state index contributed by atoms with van der Waals surface area (Å²) in [5.74, 6) is 0.430. The van der Waals surface area contributed by atoms with Gasteiger partial charge in [0, 0.05) is 19.1 Å². The van der Waals surface area contributed by atoms with Crippen LogP contribution in [0, 0.1) is 5.92 Å². The van der Waals surface area contributed by atoms with Crippen molar-refractivity contribution in [2.75, 3.05) is 31.2 Å². The van der Waals surface area contributed by atoms with Crippen molar-refractivity contribution in [2.24, 2.45) is 5.92 Å². The molecule has 1 fully saturated rings. The molecule has 1 aromatic carbocycles. The molecule has 7 heteroatoms. The minimum atomic E-state index is -3.46. The lowest BCUT2D eigenvalue weighted by Crippen LogP contribution is -2.23. The molecule has 118 valence electrons. The monoisotopic (exact) mass is 313 g/mol. The highest BCUT2D eigenvalue weighted by atomic mass is 32.2. The molecule has 1 aliphatic heterocycles. The molecule has 1 heterocycles. The molecule has 1 aliphatic rings. The Morgan fingerprint density at radius 3 is 2.86 bits per heavy atom. The predicted molar refractivity (Wildman–Crippen MR) is 83.7 cm³/mol. The van der Waals surface area contributed by atoms with Crippen LogP contribution >= 0.6 is 0 Å². The van der Waals surface area contributed by atoms with Gasteiger partial charge in [0.05, 0.1) is 22.4 Å². The van der Waals surface area contributed by atoms with E-state index < -0.39 is 10.0 Å². The normalized spacial score (nSPS) is 22.4. The van der Waals surface area contributed by atoms with Crippen molar-refractivity contribution in [1.82, 2.24) is 4.72 Å². The van der Waals surface area contributed by atoms with Crippen molar-refractivity contribution in [2.45, 2.75) is 30.8 Å². The highest BCUT2D eigenvalue weighted by molar-refractivity contribution is 7.89. The van der Waals surface area contributed by atoms with Crippen molar-refractivity contribution >= 4 is 21.4 Å². The summed E-state index contributed by atoms with van der Waals surface area (Å²) in [4.78, 5) is 0.205. The molecule has 2 atom stereocenters. The second-order valence-corrected chi connectivity index (χ2v) is 7.09. The maximum Gasteiger partial charge on any atom is 0.240 e. The minimum absolute atomic E-state index is 0.205. The van der Waals surface area contributed by atoms with Gasteiger partial charge in [0.2, 0.25) is 10.0 Å². The first-order valence-corrected chi connectivity index (χ1v) is 8.64. The molecular weight excluding hydrogens is 290 g/mol. The van der Waals surface area contributed by atoms with Crippen LogP contribution in [0.1, 0.15) is 19.8 Å². The van der Waals surface area contributed by atoms with Crippen molar-refractivity contribution < 1.29 is 13.2 Å². The molecule has 0 aromatic heterocycles. The Kier molecular flexibility index (Phi) is 5.08. The second kappa shape index (κ2) is 6.64. The van der Waals surface area contributed by atoms with Gasteiger partial charge in [-0.2, -0.15) is 0 Å². The fraction of sp³-hybridized carbons (Fsp3) is 0.571. The number of nitrogens with two attached hydrogens (primary N) is 1. The molecule has 0 saturated carbocycles. The molecule has 1 aromatic rings. The van der Waals surface area contributed by atoms with Crippen molar-refractivity contribution in [3.63, 3.8) is 0 Å². The Hall–Kier alpha value is -1.31. The maximum absolute atomic E-state index is 11.8. The molecule has 4 N–H and O–H groups in total. The number of sulfonamides is 1. The third kappa shape index (κ3) is 3.66. The molecule has 6 nitrogen and oxygen atoms in total. The summed E-state index contributed by atoms with van der Waals surface area (Å²) in [7, 11) is -2.07. The topological polar surface area (TPSA) is 93.4 Å². The zero-order valence-corrected chi connectivity index (χ0v) is 13.2. The van der Waals surface area contributed by atoms with Gasteiger partial charge in [0.15, 0.2) is 0 Å². The zero-order chi connectivity index (χ0) is 15.5. The van der Waals surface area contributed by atoms with E-state index in [0.717, 1.165) is 26.0 Å². The summed E-state index contributed by atoms with van der Waals surface area (Å²) in [6, 6.07) is 4.67. The molecule has 2 unspecified atom stereocenters. The van der Waals surface area contributed by atoms with Crippen LogP contribution in [0.15, 0.2) is 23.1 Å². The first kappa shape index (κ1) is 16.1. The summed E-state index contributed by atoms with van der Waals surface area (Å²) in [6.07, 6.45) is 2.26. The number of hydrogen-bond acceptors (Lipinski definition) is 5. The average molecular weight is 313 g/mol. The fourth-order valence-corrected chi connectivity index (χ4v) is 3.35. The van der Waals surface area contributed by atoms with Crippen LogP contribution < -0.4 is 15.8 Å². The van der Waals surface area contributed by atoms with Gasteiger partial charge in [-0.15, -0.1) is 0 Å². The number of anilines is 2. The Bertz CT molecular complexity index is 589. The molecule has 0 amide bonds. The smallest absolute Gasteiger partial charge is 0.240 e. The molecule has 1 saturated heterocycles. The van der Waals surface area contributed by atoms with E-state index in [0.29, 0.717) is 17.3 Å². The zero-order valence-electron chi connectivity index (χ0n) is 12.4. The lowest BCUT2D eigenvalue weighted by atomic mass is 9.99. The largest absolute Gasteiger partial charge is 0.397 e. The van der Waals surface area contributed by atoms with Crippen LogP contribution in [0.2, 0.25) is 0 Å². The number of nitrogen functional groups attached to an aromatic ring is 1. The van der Waals surface area contributed by atoms with Gasteiger partial charge in [-0.1, -0.05) is 6.92 Å². The van der Waals surface area contributed by atoms with E-state index in [4.69, 9.17) is 10.5 Å². The predicted octanol–water partition coefficient (Wildman–Crippen LogP) is 1.40. The highest BCUT2D eigenvalue weighted by Gasteiger charge is 2.26. The van der Waals surface area contributed by atoms with Crippen molar-refractivity contribution in [1.29, 1.82) is 0 Å². The highest BCUT2D eigenvalue weighted by Crippen LogP contribution is 2.27. The summed E-state index contributed by atoms with van der Waals surface area (Å²) >= 11 is 0. The number of hydrogen-bond donors (Lipinski definition) is 3. The lowest BCUT2D eigenvalue weighted by Gasteiger charge is -2.19. The van der Waals surface area contributed by atoms with Crippen LogP contribution in [0.3, 0.4) is 0 Å². The SMILES string of the molecule is CCC1OCCC1CNc1cc(S(=O)(=O)NC)ccc1N. The van der Waals surface area contributed by atoms with Gasteiger partial charge in [-0.25, -0.2) is 13.1 Å². The Morgan fingerprint density at radius 1 is 1.43 bits per heavy atom. The van der Waals surface area contributed by atoms with E-state index >= 15 is 0 Å².